The summed E-state index contributed by atoms with van der Waals surface area (Å²) < 4.78 is 63.4. The highest BCUT2D eigenvalue weighted by molar-refractivity contribution is 5.99. The van der Waals surface area contributed by atoms with Crippen LogP contribution in [0.15, 0.2) is 66.9 Å². The van der Waals surface area contributed by atoms with Crippen LogP contribution in [0.2, 0.25) is 0 Å². The number of rotatable bonds is 5. The molecule has 2 N–H and O–H groups in total. The molecule has 2 amide bonds. The van der Waals surface area contributed by atoms with Crippen molar-refractivity contribution in [1.29, 1.82) is 0 Å². The van der Waals surface area contributed by atoms with Crippen LogP contribution in [-0.2, 0) is 10.9 Å². The molecule has 1 aromatic heterocycles. The largest absolute Gasteiger partial charge is 0.457 e. The number of fused-ring (bicyclic) bond motifs is 1. The van der Waals surface area contributed by atoms with Crippen LogP contribution in [0.1, 0.15) is 5.56 Å². The summed E-state index contributed by atoms with van der Waals surface area (Å²) in [6.07, 6.45) is -3.14. The highest BCUT2D eigenvalue weighted by Gasteiger charge is 2.34. The monoisotopic (exact) mass is 527 g/mol. The van der Waals surface area contributed by atoms with E-state index in [4.69, 9.17) is 14.5 Å². The molecule has 2 heterocycles. The van der Waals surface area contributed by atoms with Gasteiger partial charge in [0.05, 0.1) is 36.0 Å². The van der Waals surface area contributed by atoms with Crippen LogP contribution in [0.5, 0.6) is 11.5 Å². The molecular weight excluding hydrogens is 506 g/mol. The van der Waals surface area contributed by atoms with Gasteiger partial charge in [0.15, 0.2) is 0 Å². The van der Waals surface area contributed by atoms with Gasteiger partial charge in [-0.15, -0.1) is 0 Å². The molecule has 1 fully saturated rings. The quantitative estimate of drug-likeness (QED) is 0.307. The van der Waals surface area contributed by atoms with Gasteiger partial charge in [-0.1, -0.05) is 0 Å². The number of carbonyl (C=O) groups excluding carboxylic acids is 1. The first kappa shape index (κ1) is 25.2. The summed E-state index contributed by atoms with van der Waals surface area (Å²) in [5.41, 5.74) is 0.105. The fourth-order valence-electron chi connectivity index (χ4n) is 3.85. The Morgan fingerprint density at radius 3 is 2.32 bits per heavy atom. The predicted octanol–water partition coefficient (Wildman–Crippen LogP) is 6.06. The molecule has 1 aliphatic heterocycles. The first-order chi connectivity index (χ1) is 18.2. The number of amides is 2. The molecule has 4 aromatic rings. The zero-order chi connectivity index (χ0) is 26.7. The standard InChI is InChI=1S/C26H21F4N5O3/c27-21-7-3-17(13-20(21)26(28,29)30)33-25(36)32-16-1-4-18(5-2-16)38-19-6-8-22-23(14-19)34-24(15-31-22)35-9-11-37-12-10-35/h1-8,13-15H,9-12H2,(H2,32,33,36). The maximum Gasteiger partial charge on any atom is 0.419 e. The molecule has 0 atom stereocenters. The smallest absolute Gasteiger partial charge is 0.419 e. The number of ether oxygens (including phenoxy) is 2. The molecule has 1 aliphatic rings. The molecule has 12 heteroatoms. The van der Waals surface area contributed by atoms with Crippen molar-refractivity contribution in [3.05, 3.63) is 78.2 Å². The molecule has 0 radical (unpaired) electrons. The third kappa shape index (κ3) is 5.92. The van der Waals surface area contributed by atoms with E-state index >= 15 is 0 Å². The van der Waals surface area contributed by atoms with Gasteiger partial charge in [-0.05, 0) is 54.6 Å². The fraction of sp³-hybridized carbons (Fsp3) is 0.192. The van der Waals surface area contributed by atoms with Crippen LogP contribution in [0.3, 0.4) is 0 Å². The Balaban J connectivity index is 1.22. The van der Waals surface area contributed by atoms with Crippen molar-refractivity contribution in [2.45, 2.75) is 6.18 Å². The molecule has 5 rings (SSSR count). The minimum atomic E-state index is -4.88. The molecule has 0 unspecified atom stereocenters. The van der Waals surface area contributed by atoms with Crippen molar-refractivity contribution in [3.8, 4) is 11.5 Å². The number of nitrogens with zero attached hydrogens (tertiary/aromatic N) is 3. The zero-order valence-corrected chi connectivity index (χ0v) is 19.8. The third-order valence-corrected chi connectivity index (χ3v) is 5.71. The lowest BCUT2D eigenvalue weighted by molar-refractivity contribution is -0.139. The SMILES string of the molecule is O=C(Nc1ccc(Oc2ccc3ncc(N4CCOCC4)nc3c2)cc1)Nc1ccc(F)c(C(F)(F)F)c1. The van der Waals surface area contributed by atoms with Gasteiger partial charge in [-0.2, -0.15) is 13.2 Å². The molecule has 0 spiro atoms. The Morgan fingerprint density at radius 1 is 0.895 bits per heavy atom. The van der Waals surface area contributed by atoms with Crippen molar-refractivity contribution in [2.75, 3.05) is 41.8 Å². The molecule has 8 nitrogen and oxygen atoms in total. The molecular formula is C26H21F4N5O3. The third-order valence-electron chi connectivity index (χ3n) is 5.71. The number of urea groups is 1. The van der Waals surface area contributed by atoms with E-state index in [2.05, 4.69) is 20.5 Å². The molecule has 1 saturated heterocycles. The van der Waals surface area contributed by atoms with Crippen LogP contribution < -0.4 is 20.3 Å². The average molecular weight is 527 g/mol. The van der Waals surface area contributed by atoms with Crippen LogP contribution in [0, 0.1) is 5.82 Å². The van der Waals surface area contributed by atoms with E-state index in [0.717, 1.165) is 30.5 Å². The van der Waals surface area contributed by atoms with Gasteiger partial charge in [0.25, 0.3) is 0 Å². The Morgan fingerprint density at radius 2 is 1.58 bits per heavy atom. The van der Waals surface area contributed by atoms with Crippen molar-refractivity contribution in [2.24, 2.45) is 0 Å². The number of aromatic nitrogens is 2. The van der Waals surface area contributed by atoms with Gasteiger partial charge in [0.1, 0.15) is 23.1 Å². The highest BCUT2D eigenvalue weighted by Crippen LogP contribution is 2.33. The first-order valence-corrected chi connectivity index (χ1v) is 11.6. The number of morpholine rings is 1. The highest BCUT2D eigenvalue weighted by atomic mass is 19.4. The molecule has 196 valence electrons. The van der Waals surface area contributed by atoms with Gasteiger partial charge in [0, 0.05) is 30.5 Å². The second-order valence-electron chi connectivity index (χ2n) is 8.38. The summed E-state index contributed by atoms with van der Waals surface area (Å²) in [7, 11) is 0. The van der Waals surface area contributed by atoms with Gasteiger partial charge in [0.2, 0.25) is 0 Å². The second-order valence-corrected chi connectivity index (χ2v) is 8.38. The zero-order valence-electron chi connectivity index (χ0n) is 19.8. The number of carbonyl (C=O) groups is 1. The van der Waals surface area contributed by atoms with E-state index < -0.39 is 23.6 Å². The normalized spacial score (nSPS) is 13.8. The van der Waals surface area contributed by atoms with E-state index in [9.17, 15) is 22.4 Å². The Bertz CT molecular complexity index is 1460. The number of hydrogen-bond acceptors (Lipinski definition) is 6. The number of alkyl halides is 3. The minimum absolute atomic E-state index is 0.202. The molecule has 0 saturated carbocycles. The van der Waals surface area contributed by atoms with E-state index in [0.29, 0.717) is 48.0 Å². The summed E-state index contributed by atoms with van der Waals surface area (Å²) in [6.45, 7) is 2.77. The van der Waals surface area contributed by atoms with Crippen molar-refractivity contribution in [3.63, 3.8) is 0 Å². The number of hydrogen-bond donors (Lipinski definition) is 2. The van der Waals surface area contributed by atoms with E-state index in [1.807, 2.05) is 0 Å². The fourth-order valence-corrected chi connectivity index (χ4v) is 3.85. The van der Waals surface area contributed by atoms with Crippen molar-refractivity contribution < 1.29 is 31.8 Å². The Kier molecular flexibility index (Phi) is 6.97. The van der Waals surface area contributed by atoms with Crippen molar-refractivity contribution >= 4 is 34.3 Å². The maximum absolute atomic E-state index is 13.4. The lowest BCUT2D eigenvalue weighted by Crippen LogP contribution is -2.36. The van der Waals surface area contributed by atoms with E-state index in [1.54, 1.807) is 48.7 Å². The summed E-state index contributed by atoms with van der Waals surface area (Å²) >= 11 is 0. The lowest BCUT2D eigenvalue weighted by Gasteiger charge is -2.27. The second kappa shape index (κ2) is 10.5. The van der Waals surface area contributed by atoms with Crippen LogP contribution in [0.25, 0.3) is 11.0 Å². The topological polar surface area (TPSA) is 88.6 Å². The Hall–Kier alpha value is -4.45. The van der Waals surface area contributed by atoms with Crippen LogP contribution in [-0.4, -0.2) is 42.3 Å². The van der Waals surface area contributed by atoms with Crippen LogP contribution >= 0.6 is 0 Å². The lowest BCUT2D eigenvalue weighted by atomic mass is 10.2. The molecule has 38 heavy (non-hydrogen) atoms. The van der Waals surface area contributed by atoms with Gasteiger partial charge < -0.3 is 25.0 Å². The molecule has 0 aliphatic carbocycles. The predicted molar refractivity (Wildman–Crippen MR) is 133 cm³/mol. The number of benzene rings is 3. The van der Waals surface area contributed by atoms with Gasteiger partial charge in [-0.25, -0.2) is 14.2 Å². The summed E-state index contributed by atoms with van der Waals surface area (Å²) in [6, 6.07) is 13.2. The molecule has 3 aromatic carbocycles. The van der Waals surface area contributed by atoms with Crippen molar-refractivity contribution in [1.82, 2.24) is 9.97 Å². The number of nitrogens with one attached hydrogen (secondary N) is 2. The van der Waals surface area contributed by atoms with Gasteiger partial charge in [-0.3, -0.25) is 4.98 Å². The number of anilines is 3. The molecule has 0 bridgehead atoms. The average Bonchev–Trinajstić information content (AvgIpc) is 2.90. The minimum Gasteiger partial charge on any atom is -0.457 e. The van der Waals surface area contributed by atoms with Crippen LogP contribution in [0.4, 0.5) is 39.5 Å². The first-order valence-electron chi connectivity index (χ1n) is 11.6. The van der Waals surface area contributed by atoms with E-state index in [1.165, 1.54) is 0 Å². The summed E-state index contributed by atoms with van der Waals surface area (Å²) in [4.78, 5) is 23.5. The Labute approximate surface area is 214 Å². The summed E-state index contributed by atoms with van der Waals surface area (Å²) in [5, 5.41) is 4.76. The maximum atomic E-state index is 13.4. The number of halogens is 4. The summed E-state index contributed by atoms with van der Waals surface area (Å²) in [5.74, 6) is 0.374. The van der Waals surface area contributed by atoms with Gasteiger partial charge >= 0.3 is 12.2 Å². The van der Waals surface area contributed by atoms with E-state index in [-0.39, 0.29) is 5.69 Å².